The maximum atomic E-state index is 13.0. The fourth-order valence-electron chi connectivity index (χ4n) is 3.53. The van der Waals surface area contributed by atoms with Crippen molar-refractivity contribution in [3.8, 4) is 5.75 Å². The van der Waals surface area contributed by atoms with Gasteiger partial charge in [0.05, 0.1) is 18.8 Å². The van der Waals surface area contributed by atoms with Crippen LogP contribution in [0.15, 0.2) is 35.4 Å². The van der Waals surface area contributed by atoms with Crippen LogP contribution in [0.25, 0.3) is 10.2 Å². The number of nitrogens with one attached hydrogen (secondary N) is 1. The summed E-state index contributed by atoms with van der Waals surface area (Å²) in [6, 6.07) is 7.12. The first-order valence-electron chi connectivity index (χ1n) is 8.98. The standard InChI is InChI=1S/C20H21N3O3S/c1-12-6-7-15-16(8-12)27-19-18(15)20(25)23(11-21-19)10-17(24)22-13-4-3-5-14(9-13)26-2/h3-5,9,11-12H,6-8,10H2,1-2H3,(H,22,24)/t12-/m1/s1. The van der Waals surface area contributed by atoms with Gasteiger partial charge in [-0.25, -0.2) is 4.98 Å². The molecular formula is C20H21N3O3S. The molecule has 0 saturated heterocycles. The molecule has 4 rings (SSSR count). The molecule has 7 heteroatoms. The highest BCUT2D eigenvalue weighted by Crippen LogP contribution is 2.35. The number of carbonyl (C=O) groups excluding carboxylic acids is 1. The van der Waals surface area contributed by atoms with Gasteiger partial charge in [0.15, 0.2) is 0 Å². The number of carbonyl (C=O) groups is 1. The largest absolute Gasteiger partial charge is 0.497 e. The third-order valence-corrected chi connectivity index (χ3v) is 6.11. The number of hydrogen-bond acceptors (Lipinski definition) is 5. The second-order valence-electron chi connectivity index (χ2n) is 6.99. The first-order chi connectivity index (χ1) is 13.0. The van der Waals surface area contributed by atoms with Crippen molar-refractivity contribution < 1.29 is 9.53 Å². The predicted octanol–water partition coefficient (Wildman–Crippen LogP) is 3.23. The zero-order valence-electron chi connectivity index (χ0n) is 15.3. The lowest BCUT2D eigenvalue weighted by Crippen LogP contribution is -2.28. The lowest BCUT2D eigenvalue weighted by molar-refractivity contribution is -0.116. The summed E-state index contributed by atoms with van der Waals surface area (Å²) in [6.45, 7) is 2.17. The first-order valence-corrected chi connectivity index (χ1v) is 9.80. The topological polar surface area (TPSA) is 73.2 Å². The minimum Gasteiger partial charge on any atom is -0.497 e. The van der Waals surface area contributed by atoms with Crippen LogP contribution in [-0.4, -0.2) is 22.6 Å². The fourth-order valence-corrected chi connectivity index (χ4v) is 4.88. The van der Waals surface area contributed by atoms with Crippen LogP contribution in [0.4, 0.5) is 5.69 Å². The zero-order valence-corrected chi connectivity index (χ0v) is 16.1. The number of benzene rings is 1. The second-order valence-corrected chi connectivity index (χ2v) is 8.07. The normalized spacial score (nSPS) is 16.1. The summed E-state index contributed by atoms with van der Waals surface area (Å²) in [5.74, 6) is 1.03. The predicted molar refractivity (Wildman–Crippen MR) is 107 cm³/mol. The number of nitrogens with zero attached hydrogens (tertiary/aromatic N) is 2. The summed E-state index contributed by atoms with van der Waals surface area (Å²) in [7, 11) is 1.57. The van der Waals surface area contributed by atoms with Crippen LogP contribution in [0.5, 0.6) is 5.75 Å². The van der Waals surface area contributed by atoms with E-state index in [1.807, 2.05) is 0 Å². The Morgan fingerprint density at radius 3 is 3.11 bits per heavy atom. The van der Waals surface area contributed by atoms with Crippen LogP contribution in [0.3, 0.4) is 0 Å². The smallest absolute Gasteiger partial charge is 0.262 e. The molecule has 1 aromatic carbocycles. The SMILES string of the molecule is COc1cccc(NC(=O)Cn2cnc3sc4c(c3c2=O)CC[C@@H](C)C4)c1. The van der Waals surface area contributed by atoms with Gasteiger partial charge in [-0.3, -0.25) is 14.2 Å². The number of hydrogen-bond donors (Lipinski definition) is 1. The summed E-state index contributed by atoms with van der Waals surface area (Å²) in [5, 5.41) is 3.49. The maximum absolute atomic E-state index is 13.0. The molecule has 0 unspecified atom stereocenters. The van der Waals surface area contributed by atoms with Crippen molar-refractivity contribution in [1.29, 1.82) is 0 Å². The van der Waals surface area contributed by atoms with Crippen LogP contribution in [0, 0.1) is 5.92 Å². The summed E-state index contributed by atoms with van der Waals surface area (Å²) in [6.07, 6.45) is 4.48. The Labute approximate surface area is 160 Å². The minimum absolute atomic E-state index is 0.0694. The van der Waals surface area contributed by atoms with Crippen LogP contribution in [0.2, 0.25) is 0 Å². The van der Waals surface area contributed by atoms with E-state index in [4.69, 9.17) is 4.74 Å². The van der Waals surface area contributed by atoms with Crippen molar-refractivity contribution in [3.63, 3.8) is 0 Å². The average Bonchev–Trinajstić information content (AvgIpc) is 3.02. The third-order valence-electron chi connectivity index (χ3n) is 4.95. The van der Waals surface area contributed by atoms with Crippen LogP contribution >= 0.6 is 11.3 Å². The highest BCUT2D eigenvalue weighted by molar-refractivity contribution is 7.18. The summed E-state index contributed by atoms with van der Waals surface area (Å²) < 4.78 is 6.55. The van der Waals surface area contributed by atoms with Gasteiger partial charge in [-0.1, -0.05) is 13.0 Å². The number of rotatable bonds is 4. The molecular weight excluding hydrogens is 362 g/mol. The lowest BCUT2D eigenvalue weighted by Gasteiger charge is -2.17. The van der Waals surface area contributed by atoms with Crippen LogP contribution in [0.1, 0.15) is 23.8 Å². The van der Waals surface area contributed by atoms with Gasteiger partial charge in [-0.2, -0.15) is 0 Å². The molecule has 27 heavy (non-hydrogen) atoms. The van der Waals surface area contributed by atoms with Crippen molar-refractivity contribution in [2.75, 3.05) is 12.4 Å². The zero-order chi connectivity index (χ0) is 19.0. The molecule has 0 aliphatic heterocycles. The molecule has 1 N–H and O–H groups in total. The maximum Gasteiger partial charge on any atom is 0.262 e. The number of fused-ring (bicyclic) bond motifs is 3. The fraction of sp³-hybridized carbons (Fsp3) is 0.350. The van der Waals surface area contributed by atoms with Crippen molar-refractivity contribution in [1.82, 2.24) is 9.55 Å². The molecule has 0 spiro atoms. The summed E-state index contributed by atoms with van der Waals surface area (Å²) in [5.41, 5.74) is 1.63. The molecule has 1 amide bonds. The molecule has 3 aromatic rings. The van der Waals surface area contributed by atoms with Crippen LogP contribution < -0.4 is 15.6 Å². The Morgan fingerprint density at radius 2 is 2.30 bits per heavy atom. The number of methoxy groups -OCH3 is 1. The van der Waals surface area contributed by atoms with E-state index in [0.29, 0.717) is 22.7 Å². The quantitative estimate of drug-likeness (QED) is 0.751. The van der Waals surface area contributed by atoms with Gasteiger partial charge >= 0.3 is 0 Å². The number of ether oxygens (including phenoxy) is 1. The summed E-state index contributed by atoms with van der Waals surface area (Å²) in [4.78, 5) is 31.9. The van der Waals surface area contributed by atoms with Crippen molar-refractivity contribution in [2.45, 2.75) is 32.7 Å². The van der Waals surface area contributed by atoms with E-state index in [1.165, 1.54) is 15.8 Å². The number of amides is 1. The molecule has 0 saturated carbocycles. The van der Waals surface area contributed by atoms with E-state index in [9.17, 15) is 9.59 Å². The molecule has 0 bridgehead atoms. The Morgan fingerprint density at radius 1 is 1.44 bits per heavy atom. The van der Waals surface area contributed by atoms with E-state index >= 15 is 0 Å². The number of aromatic nitrogens is 2. The number of thiophene rings is 1. The Bertz CT molecular complexity index is 1070. The van der Waals surface area contributed by atoms with Gasteiger partial charge < -0.3 is 10.1 Å². The highest BCUT2D eigenvalue weighted by Gasteiger charge is 2.23. The molecule has 1 atom stereocenters. The summed E-state index contributed by atoms with van der Waals surface area (Å²) >= 11 is 1.61. The Balaban J connectivity index is 1.59. The third kappa shape index (κ3) is 3.47. The number of aryl methyl sites for hydroxylation is 1. The Hall–Kier alpha value is -2.67. The van der Waals surface area contributed by atoms with Gasteiger partial charge in [0.25, 0.3) is 5.56 Å². The van der Waals surface area contributed by atoms with E-state index < -0.39 is 0 Å². The molecule has 0 radical (unpaired) electrons. The average molecular weight is 383 g/mol. The van der Waals surface area contributed by atoms with Gasteiger partial charge in [-0.05, 0) is 42.9 Å². The Kier molecular flexibility index (Phi) is 4.70. The second kappa shape index (κ2) is 7.15. The molecule has 6 nitrogen and oxygen atoms in total. The van der Waals surface area contributed by atoms with Gasteiger partial charge in [0.1, 0.15) is 17.1 Å². The molecule has 0 fully saturated rings. The van der Waals surface area contributed by atoms with E-state index in [1.54, 1.807) is 42.7 Å². The number of anilines is 1. The van der Waals surface area contributed by atoms with Gasteiger partial charge in [0.2, 0.25) is 5.91 Å². The van der Waals surface area contributed by atoms with Gasteiger partial charge in [-0.15, -0.1) is 11.3 Å². The van der Waals surface area contributed by atoms with Crippen molar-refractivity contribution in [2.24, 2.45) is 5.92 Å². The first kappa shape index (κ1) is 17.7. The molecule has 1 aliphatic rings. The minimum atomic E-state index is -0.274. The molecule has 140 valence electrons. The molecule has 1 aliphatic carbocycles. The molecule has 2 heterocycles. The van der Waals surface area contributed by atoms with Gasteiger partial charge in [0, 0.05) is 16.6 Å². The highest BCUT2D eigenvalue weighted by atomic mass is 32.1. The van der Waals surface area contributed by atoms with Crippen molar-refractivity contribution in [3.05, 3.63) is 51.4 Å². The van der Waals surface area contributed by atoms with Crippen molar-refractivity contribution >= 4 is 33.1 Å². The lowest BCUT2D eigenvalue weighted by atomic mass is 9.89. The van der Waals surface area contributed by atoms with E-state index in [0.717, 1.165) is 29.7 Å². The monoisotopic (exact) mass is 383 g/mol. The van der Waals surface area contributed by atoms with E-state index in [2.05, 4.69) is 17.2 Å². The van der Waals surface area contributed by atoms with E-state index in [-0.39, 0.29) is 18.0 Å². The molecule has 2 aromatic heterocycles. The van der Waals surface area contributed by atoms with Crippen LogP contribution in [-0.2, 0) is 24.2 Å².